The first kappa shape index (κ1) is 18.7. The van der Waals surface area contributed by atoms with Gasteiger partial charge in [0.2, 0.25) is 10.0 Å². The lowest BCUT2D eigenvalue weighted by Crippen LogP contribution is -2.41. The summed E-state index contributed by atoms with van der Waals surface area (Å²) in [7, 11) is -0.569. The molecule has 2 atom stereocenters. The molecule has 1 aromatic rings. The number of fused-ring (bicyclic) bond motifs is 1. The molecule has 142 valence electrons. The Balaban J connectivity index is 1.78. The van der Waals surface area contributed by atoms with Gasteiger partial charge in [0.1, 0.15) is 5.41 Å². The number of amides is 1. The second kappa shape index (κ2) is 6.55. The van der Waals surface area contributed by atoms with Crippen LogP contribution in [0.5, 0.6) is 0 Å². The quantitative estimate of drug-likeness (QED) is 0.698. The highest BCUT2D eigenvalue weighted by molar-refractivity contribution is 7.92. The fraction of sp³-hybridized carbons (Fsp3) is 0.529. The van der Waals surface area contributed by atoms with Crippen molar-refractivity contribution in [3.8, 4) is 0 Å². The topological polar surface area (TPSA) is 93.2 Å². The van der Waals surface area contributed by atoms with E-state index in [1.165, 1.54) is 14.2 Å². The van der Waals surface area contributed by atoms with Gasteiger partial charge in [-0.3, -0.25) is 13.9 Å². The smallest absolute Gasteiger partial charge is 0.316 e. The first-order chi connectivity index (χ1) is 12.2. The number of ether oxygens (including phenoxy) is 2. The van der Waals surface area contributed by atoms with E-state index in [9.17, 15) is 18.0 Å². The van der Waals surface area contributed by atoms with Crippen LogP contribution in [-0.4, -0.2) is 71.9 Å². The second-order valence-corrected chi connectivity index (χ2v) is 8.84. The van der Waals surface area contributed by atoms with Crippen LogP contribution in [0.1, 0.15) is 10.4 Å². The summed E-state index contributed by atoms with van der Waals surface area (Å²) in [6.45, 7) is 1.37. The summed E-state index contributed by atoms with van der Waals surface area (Å²) in [4.78, 5) is 26.7. The zero-order valence-electron chi connectivity index (χ0n) is 15.0. The van der Waals surface area contributed by atoms with Crippen molar-refractivity contribution in [2.24, 2.45) is 11.3 Å². The highest BCUT2D eigenvalue weighted by atomic mass is 32.2. The standard InChI is InChI=1S/C17H22N2O6S/c1-18(26(3,22)23)14-6-4-12(5-7-14)15(20)19-8-13-9-25-11-17(13,10-19)16(21)24-2/h4-7,13H,8-11H2,1-3H3/t13-,17-/m0/s1. The Labute approximate surface area is 152 Å². The molecule has 2 saturated heterocycles. The molecular formula is C17H22N2O6S. The molecule has 0 unspecified atom stereocenters. The van der Waals surface area contributed by atoms with Gasteiger partial charge < -0.3 is 14.4 Å². The van der Waals surface area contributed by atoms with Crippen molar-refractivity contribution < 1.29 is 27.5 Å². The van der Waals surface area contributed by atoms with Crippen molar-refractivity contribution in [1.82, 2.24) is 4.90 Å². The molecule has 0 bridgehead atoms. The number of hydrogen-bond acceptors (Lipinski definition) is 6. The minimum absolute atomic E-state index is 0.0745. The maximum atomic E-state index is 12.8. The number of sulfonamides is 1. The monoisotopic (exact) mass is 382 g/mol. The SMILES string of the molecule is COC(=O)[C@@]12COC[C@@H]1CN(C(=O)c1ccc(N(C)S(C)(=O)=O)cc1)C2. The van der Waals surface area contributed by atoms with Gasteiger partial charge in [-0.15, -0.1) is 0 Å². The number of methoxy groups -OCH3 is 1. The van der Waals surface area contributed by atoms with Gasteiger partial charge in [-0.2, -0.15) is 0 Å². The molecule has 2 aliphatic heterocycles. The zero-order chi connectivity index (χ0) is 19.1. The zero-order valence-corrected chi connectivity index (χ0v) is 15.8. The molecule has 0 radical (unpaired) electrons. The maximum Gasteiger partial charge on any atom is 0.316 e. The molecule has 2 fully saturated rings. The van der Waals surface area contributed by atoms with Crippen LogP contribution >= 0.6 is 0 Å². The lowest BCUT2D eigenvalue weighted by molar-refractivity contribution is -0.153. The van der Waals surface area contributed by atoms with E-state index in [0.29, 0.717) is 24.4 Å². The van der Waals surface area contributed by atoms with E-state index in [-0.39, 0.29) is 30.9 Å². The van der Waals surface area contributed by atoms with Crippen LogP contribution in [0, 0.1) is 11.3 Å². The molecule has 0 aliphatic carbocycles. The van der Waals surface area contributed by atoms with E-state index in [1.54, 1.807) is 29.2 Å². The van der Waals surface area contributed by atoms with E-state index < -0.39 is 15.4 Å². The number of rotatable bonds is 4. The number of nitrogens with zero attached hydrogens (tertiary/aromatic N) is 2. The maximum absolute atomic E-state index is 12.8. The van der Waals surface area contributed by atoms with Gasteiger partial charge in [-0.05, 0) is 24.3 Å². The number of anilines is 1. The molecule has 2 aliphatic rings. The molecule has 0 spiro atoms. The van der Waals surface area contributed by atoms with Gasteiger partial charge in [0.15, 0.2) is 0 Å². The minimum atomic E-state index is -3.36. The number of carbonyl (C=O) groups excluding carboxylic acids is 2. The molecule has 8 nitrogen and oxygen atoms in total. The van der Waals surface area contributed by atoms with Gasteiger partial charge >= 0.3 is 5.97 Å². The fourth-order valence-corrected chi connectivity index (χ4v) is 4.07. The Hall–Kier alpha value is -2.13. The van der Waals surface area contributed by atoms with Crippen LogP contribution in [0.25, 0.3) is 0 Å². The van der Waals surface area contributed by atoms with Gasteiger partial charge in [-0.25, -0.2) is 8.42 Å². The Morgan fingerprint density at radius 1 is 1.31 bits per heavy atom. The summed E-state index contributed by atoms with van der Waals surface area (Å²) in [6, 6.07) is 6.36. The molecular weight excluding hydrogens is 360 g/mol. The number of likely N-dealkylation sites (tertiary alicyclic amines) is 1. The molecule has 3 rings (SSSR count). The van der Waals surface area contributed by atoms with Crippen molar-refractivity contribution in [3.63, 3.8) is 0 Å². The third-order valence-electron chi connectivity index (χ3n) is 5.23. The second-order valence-electron chi connectivity index (χ2n) is 6.82. The van der Waals surface area contributed by atoms with E-state index in [2.05, 4.69) is 0 Å². The van der Waals surface area contributed by atoms with Crippen molar-refractivity contribution >= 4 is 27.6 Å². The summed E-state index contributed by atoms with van der Waals surface area (Å²) < 4.78 is 34.7. The fourth-order valence-electron chi connectivity index (χ4n) is 3.57. The molecule has 0 aromatic heterocycles. The molecule has 0 N–H and O–H groups in total. The highest BCUT2D eigenvalue weighted by Crippen LogP contribution is 2.42. The van der Waals surface area contributed by atoms with Gasteiger partial charge in [0.25, 0.3) is 5.91 Å². The summed E-state index contributed by atoms with van der Waals surface area (Å²) in [6.07, 6.45) is 1.11. The Bertz CT molecular complexity index is 822. The van der Waals surface area contributed by atoms with Crippen LogP contribution in [-0.2, 0) is 24.3 Å². The third-order valence-corrected chi connectivity index (χ3v) is 6.43. The first-order valence-electron chi connectivity index (χ1n) is 8.18. The lowest BCUT2D eigenvalue weighted by Gasteiger charge is -2.24. The molecule has 26 heavy (non-hydrogen) atoms. The van der Waals surface area contributed by atoms with Crippen molar-refractivity contribution in [1.29, 1.82) is 0 Å². The molecule has 1 amide bonds. The minimum Gasteiger partial charge on any atom is -0.468 e. The molecule has 9 heteroatoms. The Morgan fingerprint density at radius 3 is 2.54 bits per heavy atom. The van der Waals surface area contributed by atoms with Crippen molar-refractivity contribution in [2.75, 3.05) is 51.0 Å². The molecule has 0 saturated carbocycles. The number of benzene rings is 1. The van der Waals surface area contributed by atoms with Crippen LogP contribution in [0.15, 0.2) is 24.3 Å². The van der Waals surface area contributed by atoms with Crippen LogP contribution in [0.3, 0.4) is 0 Å². The average Bonchev–Trinajstić information content (AvgIpc) is 3.17. The predicted molar refractivity (Wildman–Crippen MR) is 94.4 cm³/mol. The average molecular weight is 382 g/mol. The van der Waals surface area contributed by atoms with Crippen LogP contribution in [0.4, 0.5) is 5.69 Å². The van der Waals surface area contributed by atoms with E-state index in [0.717, 1.165) is 10.6 Å². The predicted octanol–water partition coefficient (Wildman–Crippen LogP) is 0.344. The Morgan fingerprint density at radius 2 is 1.96 bits per heavy atom. The largest absolute Gasteiger partial charge is 0.468 e. The van der Waals surface area contributed by atoms with Gasteiger partial charge in [-0.1, -0.05) is 0 Å². The summed E-state index contributed by atoms with van der Waals surface area (Å²) >= 11 is 0. The van der Waals surface area contributed by atoms with Crippen molar-refractivity contribution in [3.05, 3.63) is 29.8 Å². The van der Waals surface area contributed by atoms with Crippen LogP contribution < -0.4 is 4.31 Å². The first-order valence-corrected chi connectivity index (χ1v) is 10.0. The summed E-state index contributed by atoms with van der Waals surface area (Å²) in [5, 5.41) is 0. The summed E-state index contributed by atoms with van der Waals surface area (Å²) in [5.41, 5.74) is 0.124. The van der Waals surface area contributed by atoms with E-state index in [1.807, 2.05) is 0 Å². The van der Waals surface area contributed by atoms with E-state index >= 15 is 0 Å². The lowest BCUT2D eigenvalue weighted by atomic mass is 9.81. The highest BCUT2D eigenvalue weighted by Gasteiger charge is 2.57. The van der Waals surface area contributed by atoms with E-state index in [4.69, 9.17) is 9.47 Å². The van der Waals surface area contributed by atoms with Gasteiger partial charge in [0, 0.05) is 31.6 Å². The number of esters is 1. The van der Waals surface area contributed by atoms with Gasteiger partial charge in [0.05, 0.1) is 32.3 Å². The summed E-state index contributed by atoms with van der Waals surface area (Å²) in [5.74, 6) is -0.619. The molecule has 2 heterocycles. The third kappa shape index (κ3) is 3.05. The Kier molecular flexibility index (Phi) is 4.70. The number of carbonyl (C=O) groups is 2. The van der Waals surface area contributed by atoms with Crippen molar-refractivity contribution in [2.45, 2.75) is 0 Å². The normalized spacial score (nSPS) is 25.0. The molecule has 1 aromatic carbocycles. The number of hydrogen-bond donors (Lipinski definition) is 0. The van der Waals surface area contributed by atoms with Crippen LogP contribution in [0.2, 0.25) is 0 Å².